The molecule has 88 valence electrons. The molecule has 0 saturated heterocycles. The standard InChI is InChI=1S/C12H10Cl2N2O/c13-10-3-2-9(5-11(10)14)17-12-4-1-8(6-15)7-16-12/h1-5,7H,6,15H2. The predicted octanol–water partition coefficient (Wildman–Crippen LogP) is 3.64. The monoisotopic (exact) mass is 268 g/mol. The van der Waals surface area contributed by atoms with Gasteiger partial charge < -0.3 is 10.5 Å². The normalized spacial score (nSPS) is 10.3. The fourth-order valence-corrected chi connectivity index (χ4v) is 1.54. The van der Waals surface area contributed by atoms with Crippen molar-refractivity contribution >= 4 is 23.2 Å². The average Bonchev–Trinajstić information content (AvgIpc) is 2.35. The molecule has 2 N–H and O–H groups in total. The number of benzene rings is 1. The first kappa shape index (κ1) is 12.2. The number of pyridine rings is 1. The van der Waals surface area contributed by atoms with E-state index in [9.17, 15) is 0 Å². The second-order valence-corrected chi connectivity index (χ2v) is 4.20. The van der Waals surface area contributed by atoms with Crippen molar-refractivity contribution in [1.29, 1.82) is 0 Å². The zero-order valence-corrected chi connectivity index (χ0v) is 10.4. The summed E-state index contributed by atoms with van der Waals surface area (Å²) in [5.41, 5.74) is 6.43. The number of nitrogens with two attached hydrogens (primary N) is 1. The molecule has 0 radical (unpaired) electrons. The van der Waals surface area contributed by atoms with Gasteiger partial charge in [-0.15, -0.1) is 0 Å². The van der Waals surface area contributed by atoms with E-state index in [4.69, 9.17) is 33.7 Å². The van der Waals surface area contributed by atoms with Crippen molar-refractivity contribution in [2.75, 3.05) is 0 Å². The topological polar surface area (TPSA) is 48.1 Å². The predicted molar refractivity (Wildman–Crippen MR) is 68.7 cm³/mol. The first-order valence-electron chi connectivity index (χ1n) is 4.97. The highest BCUT2D eigenvalue weighted by Crippen LogP contribution is 2.28. The van der Waals surface area contributed by atoms with E-state index in [0.717, 1.165) is 5.56 Å². The Hall–Kier alpha value is -1.29. The molecule has 0 fully saturated rings. The van der Waals surface area contributed by atoms with Gasteiger partial charge in [-0.25, -0.2) is 4.98 Å². The Labute approximate surface area is 109 Å². The maximum Gasteiger partial charge on any atom is 0.219 e. The summed E-state index contributed by atoms with van der Waals surface area (Å²) in [4.78, 5) is 4.12. The van der Waals surface area contributed by atoms with Crippen LogP contribution in [0.15, 0.2) is 36.5 Å². The first-order valence-corrected chi connectivity index (χ1v) is 5.72. The van der Waals surface area contributed by atoms with Crippen LogP contribution in [0.5, 0.6) is 11.6 Å². The van der Waals surface area contributed by atoms with Gasteiger partial charge in [-0.05, 0) is 17.7 Å². The lowest BCUT2D eigenvalue weighted by Crippen LogP contribution is -1.97. The van der Waals surface area contributed by atoms with Crippen LogP contribution in [-0.2, 0) is 6.54 Å². The van der Waals surface area contributed by atoms with E-state index in [1.807, 2.05) is 6.07 Å². The van der Waals surface area contributed by atoms with E-state index >= 15 is 0 Å². The third-order valence-electron chi connectivity index (χ3n) is 2.15. The van der Waals surface area contributed by atoms with E-state index in [0.29, 0.717) is 28.2 Å². The van der Waals surface area contributed by atoms with E-state index in [2.05, 4.69) is 4.98 Å². The van der Waals surface area contributed by atoms with Gasteiger partial charge in [-0.2, -0.15) is 0 Å². The molecule has 1 aromatic carbocycles. The minimum atomic E-state index is 0.447. The van der Waals surface area contributed by atoms with Crippen molar-refractivity contribution < 1.29 is 4.74 Å². The van der Waals surface area contributed by atoms with Crippen LogP contribution in [0.1, 0.15) is 5.56 Å². The molecule has 1 aromatic heterocycles. The van der Waals surface area contributed by atoms with Crippen molar-refractivity contribution in [2.45, 2.75) is 6.54 Å². The molecule has 17 heavy (non-hydrogen) atoms. The molecule has 2 aromatic rings. The van der Waals surface area contributed by atoms with E-state index in [1.54, 1.807) is 30.5 Å². The Bertz CT molecular complexity index is 514. The molecule has 0 aliphatic heterocycles. The minimum Gasteiger partial charge on any atom is -0.439 e. The molecule has 3 nitrogen and oxygen atoms in total. The molecule has 0 amide bonds. The van der Waals surface area contributed by atoms with Crippen LogP contribution in [0.4, 0.5) is 0 Å². The number of rotatable bonds is 3. The highest BCUT2D eigenvalue weighted by Gasteiger charge is 2.02. The van der Waals surface area contributed by atoms with Crippen molar-refractivity contribution in [2.24, 2.45) is 5.73 Å². The second-order valence-electron chi connectivity index (χ2n) is 3.39. The Kier molecular flexibility index (Phi) is 3.84. The van der Waals surface area contributed by atoms with Gasteiger partial charge in [-0.3, -0.25) is 0 Å². The van der Waals surface area contributed by atoms with Crippen LogP contribution in [0.2, 0.25) is 10.0 Å². The zero-order chi connectivity index (χ0) is 12.3. The van der Waals surface area contributed by atoms with Crippen LogP contribution in [0.3, 0.4) is 0 Å². The molecule has 0 aliphatic carbocycles. The SMILES string of the molecule is NCc1ccc(Oc2ccc(Cl)c(Cl)c2)nc1. The number of nitrogens with zero attached hydrogens (tertiary/aromatic N) is 1. The van der Waals surface area contributed by atoms with Gasteiger partial charge in [0.25, 0.3) is 0 Å². The van der Waals surface area contributed by atoms with Gasteiger partial charge in [0.2, 0.25) is 5.88 Å². The Balaban J connectivity index is 2.16. The lowest BCUT2D eigenvalue weighted by molar-refractivity contribution is 0.462. The Morgan fingerprint density at radius 1 is 1.12 bits per heavy atom. The molecule has 5 heteroatoms. The minimum absolute atomic E-state index is 0.447. The maximum absolute atomic E-state index is 5.88. The van der Waals surface area contributed by atoms with Crippen LogP contribution < -0.4 is 10.5 Å². The number of halogens is 2. The van der Waals surface area contributed by atoms with Gasteiger partial charge in [0.1, 0.15) is 5.75 Å². The fraction of sp³-hybridized carbons (Fsp3) is 0.0833. The van der Waals surface area contributed by atoms with E-state index < -0.39 is 0 Å². The Morgan fingerprint density at radius 2 is 1.94 bits per heavy atom. The van der Waals surface area contributed by atoms with Crippen LogP contribution in [0.25, 0.3) is 0 Å². The Morgan fingerprint density at radius 3 is 2.53 bits per heavy atom. The largest absolute Gasteiger partial charge is 0.439 e. The lowest BCUT2D eigenvalue weighted by atomic mass is 10.3. The van der Waals surface area contributed by atoms with E-state index in [-0.39, 0.29) is 0 Å². The highest BCUT2D eigenvalue weighted by atomic mass is 35.5. The highest BCUT2D eigenvalue weighted by molar-refractivity contribution is 6.42. The van der Waals surface area contributed by atoms with Gasteiger partial charge >= 0.3 is 0 Å². The number of ether oxygens (including phenoxy) is 1. The van der Waals surface area contributed by atoms with Gasteiger partial charge in [0.05, 0.1) is 10.0 Å². The maximum atomic E-state index is 5.88. The lowest BCUT2D eigenvalue weighted by Gasteiger charge is -2.06. The number of hydrogen-bond acceptors (Lipinski definition) is 3. The van der Waals surface area contributed by atoms with Crippen molar-refractivity contribution in [3.63, 3.8) is 0 Å². The molecule has 0 spiro atoms. The van der Waals surface area contributed by atoms with Crippen molar-refractivity contribution in [1.82, 2.24) is 4.98 Å². The molecule has 0 unspecified atom stereocenters. The summed E-state index contributed by atoms with van der Waals surface area (Å²) >= 11 is 11.7. The smallest absolute Gasteiger partial charge is 0.219 e. The summed E-state index contributed by atoms with van der Waals surface area (Å²) in [6.07, 6.45) is 1.67. The number of hydrogen-bond donors (Lipinski definition) is 1. The quantitative estimate of drug-likeness (QED) is 0.925. The van der Waals surface area contributed by atoms with Crippen LogP contribution >= 0.6 is 23.2 Å². The second kappa shape index (κ2) is 5.36. The molecule has 0 atom stereocenters. The molecule has 2 rings (SSSR count). The van der Waals surface area contributed by atoms with E-state index in [1.165, 1.54) is 0 Å². The molecular weight excluding hydrogens is 259 g/mol. The fourth-order valence-electron chi connectivity index (χ4n) is 1.25. The summed E-state index contributed by atoms with van der Waals surface area (Å²) in [5, 5.41) is 0.938. The van der Waals surface area contributed by atoms with Crippen molar-refractivity contribution in [3.8, 4) is 11.6 Å². The summed E-state index contributed by atoms with van der Waals surface area (Å²) in [7, 11) is 0. The van der Waals surface area contributed by atoms with Gasteiger partial charge in [-0.1, -0.05) is 29.3 Å². The van der Waals surface area contributed by atoms with Gasteiger partial charge in [0.15, 0.2) is 0 Å². The molecule has 1 heterocycles. The van der Waals surface area contributed by atoms with Crippen LogP contribution in [-0.4, -0.2) is 4.98 Å². The molecule has 0 bridgehead atoms. The molecule has 0 aliphatic rings. The third kappa shape index (κ3) is 3.09. The average molecular weight is 269 g/mol. The first-order chi connectivity index (χ1) is 8.19. The third-order valence-corrected chi connectivity index (χ3v) is 2.89. The van der Waals surface area contributed by atoms with Gasteiger partial charge in [0, 0.05) is 24.9 Å². The number of aromatic nitrogens is 1. The summed E-state index contributed by atoms with van der Waals surface area (Å²) in [6, 6.07) is 8.66. The molecule has 0 saturated carbocycles. The summed E-state index contributed by atoms with van der Waals surface area (Å²) in [6.45, 7) is 0.458. The summed E-state index contributed by atoms with van der Waals surface area (Å²) in [5.74, 6) is 1.08. The zero-order valence-electron chi connectivity index (χ0n) is 8.86. The molecular formula is C12H10Cl2N2O. The van der Waals surface area contributed by atoms with Crippen molar-refractivity contribution in [3.05, 3.63) is 52.1 Å². The van der Waals surface area contributed by atoms with Crippen LogP contribution in [0, 0.1) is 0 Å². The summed E-state index contributed by atoms with van der Waals surface area (Å²) < 4.78 is 5.52.